The fourth-order valence-corrected chi connectivity index (χ4v) is 3.56. The second-order valence-corrected chi connectivity index (χ2v) is 8.32. The van der Waals surface area contributed by atoms with Gasteiger partial charge in [0.15, 0.2) is 0 Å². The lowest BCUT2D eigenvalue weighted by molar-refractivity contribution is 0.00326. The van der Waals surface area contributed by atoms with E-state index in [9.17, 15) is 4.39 Å². The van der Waals surface area contributed by atoms with Gasteiger partial charge in [0.1, 0.15) is 11.6 Å². The molecule has 0 fully saturated rings. The summed E-state index contributed by atoms with van der Waals surface area (Å²) in [5.74, 6) is 0.947. The summed E-state index contributed by atoms with van der Waals surface area (Å²) in [6.07, 6.45) is 1.81. The molecule has 0 aliphatic carbocycles. The monoisotopic (exact) mass is 372 g/mol. The molecule has 0 aromatic heterocycles. The molecule has 2 aromatic carbocycles. The molecule has 0 unspecified atom stereocenters. The zero-order chi connectivity index (χ0) is 20.2. The maximum atomic E-state index is 14.7. The van der Waals surface area contributed by atoms with E-state index in [0.717, 1.165) is 24.0 Å². The molecule has 0 radical (unpaired) electrons. The van der Waals surface area contributed by atoms with Crippen LogP contribution in [0.1, 0.15) is 58.3 Å². The minimum absolute atomic E-state index is 0.0741. The Labute approximate surface area is 163 Å². The van der Waals surface area contributed by atoms with Crippen molar-refractivity contribution in [2.24, 2.45) is 11.3 Å². The highest BCUT2D eigenvalue weighted by Crippen LogP contribution is 2.44. The molecule has 0 heterocycles. The Morgan fingerprint density at radius 1 is 1.00 bits per heavy atom. The summed E-state index contributed by atoms with van der Waals surface area (Å²) >= 11 is 0. The number of rotatable bonds is 8. The first kappa shape index (κ1) is 21.4. The van der Waals surface area contributed by atoms with E-state index >= 15 is 0 Å². The summed E-state index contributed by atoms with van der Waals surface area (Å²) in [7, 11) is 3.34. The molecule has 0 spiro atoms. The van der Waals surface area contributed by atoms with Crippen molar-refractivity contribution in [3.8, 4) is 16.9 Å². The van der Waals surface area contributed by atoms with Crippen molar-refractivity contribution in [2.45, 2.75) is 53.6 Å². The third-order valence-corrected chi connectivity index (χ3v) is 5.36. The van der Waals surface area contributed by atoms with Crippen LogP contribution in [0.25, 0.3) is 11.1 Å². The molecule has 148 valence electrons. The van der Waals surface area contributed by atoms with Crippen LogP contribution < -0.4 is 4.74 Å². The highest BCUT2D eigenvalue weighted by Gasteiger charge is 2.32. The van der Waals surface area contributed by atoms with Crippen LogP contribution in [-0.4, -0.2) is 14.2 Å². The summed E-state index contributed by atoms with van der Waals surface area (Å²) in [6, 6.07) is 11.2. The molecule has 3 heteroatoms. The Morgan fingerprint density at radius 3 is 2.26 bits per heavy atom. The number of hydrogen-bond donors (Lipinski definition) is 0. The highest BCUT2D eigenvalue weighted by atomic mass is 19.1. The molecular weight excluding hydrogens is 339 g/mol. The molecule has 2 nitrogen and oxygen atoms in total. The molecule has 0 saturated carbocycles. The minimum atomic E-state index is -0.252. The summed E-state index contributed by atoms with van der Waals surface area (Å²) in [4.78, 5) is 0. The lowest BCUT2D eigenvalue weighted by atomic mass is 9.77. The van der Waals surface area contributed by atoms with Crippen LogP contribution in [0.15, 0.2) is 36.4 Å². The predicted octanol–water partition coefficient (Wildman–Crippen LogP) is 6.82. The Balaban J connectivity index is 2.70. The first-order chi connectivity index (χ1) is 12.7. The van der Waals surface area contributed by atoms with E-state index in [2.05, 4.69) is 46.8 Å². The zero-order valence-corrected chi connectivity index (χ0v) is 17.7. The predicted molar refractivity (Wildman–Crippen MR) is 111 cm³/mol. The molecule has 0 aliphatic rings. The molecule has 2 aromatic rings. The van der Waals surface area contributed by atoms with Gasteiger partial charge in [-0.25, -0.2) is 4.39 Å². The molecule has 27 heavy (non-hydrogen) atoms. The van der Waals surface area contributed by atoms with E-state index in [0.29, 0.717) is 17.2 Å². The van der Waals surface area contributed by atoms with Gasteiger partial charge in [-0.2, -0.15) is 0 Å². The van der Waals surface area contributed by atoms with Crippen LogP contribution in [0.3, 0.4) is 0 Å². The summed E-state index contributed by atoms with van der Waals surface area (Å²) in [5.41, 5.74) is 3.63. The fourth-order valence-electron chi connectivity index (χ4n) is 3.56. The third kappa shape index (κ3) is 4.90. The maximum absolute atomic E-state index is 14.7. The number of ether oxygens (including phenoxy) is 2. The molecule has 0 N–H and O–H groups in total. The van der Waals surface area contributed by atoms with E-state index in [1.165, 1.54) is 11.6 Å². The average molecular weight is 373 g/mol. The van der Waals surface area contributed by atoms with Crippen molar-refractivity contribution in [3.05, 3.63) is 53.3 Å². The molecule has 0 amide bonds. The quantitative estimate of drug-likeness (QED) is 0.506. The second kappa shape index (κ2) is 8.88. The van der Waals surface area contributed by atoms with Gasteiger partial charge < -0.3 is 9.47 Å². The lowest BCUT2D eigenvalue weighted by Crippen LogP contribution is -2.24. The Bertz CT molecular complexity index is 765. The van der Waals surface area contributed by atoms with Gasteiger partial charge in [0, 0.05) is 12.7 Å². The van der Waals surface area contributed by atoms with Crippen LogP contribution in [0.5, 0.6) is 5.75 Å². The zero-order valence-electron chi connectivity index (χ0n) is 17.7. The van der Waals surface area contributed by atoms with Crippen LogP contribution in [-0.2, 0) is 11.2 Å². The van der Waals surface area contributed by atoms with Gasteiger partial charge in [0.2, 0.25) is 0 Å². The van der Waals surface area contributed by atoms with Gasteiger partial charge in [-0.05, 0) is 59.1 Å². The SMILES string of the molecule is CCC(C)(C)[C@@H](OC)c1cc(CC(C)C)ccc1-c1cc(OC)ccc1F. The third-order valence-electron chi connectivity index (χ3n) is 5.36. The Kier molecular flexibility index (Phi) is 7.05. The van der Waals surface area contributed by atoms with Crippen LogP contribution in [0.2, 0.25) is 0 Å². The van der Waals surface area contributed by atoms with Crippen molar-refractivity contribution in [3.63, 3.8) is 0 Å². The topological polar surface area (TPSA) is 18.5 Å². The molecule has 2 rings (SSSR count). The van der Waals surface area contributed by atoms with Crippen LogP contribution >= 0.6 is 0 Å². The van der Waals surface area contributed by atoms with E-state index in [-0.39, 0.29) is 17.3 Å². The van der Waals surface area contributed by atoms with Gasteiger partial charge in [-0.1, -0.05) is 52.8 Å². The van der Waals surface area contributed by atoms with Crippen LogP contribution in [0.4, 0.5) is 4.39 Å². The van der Waals surface area contributed by atoms with Gasteiger partial charge in [-0.3, -0.25) is 0 Å². The normalized spacial score (nSPS) is 13.1. The van der Waals surface area contributed by atoms with Crippen molar-refractivity contribution in [1.29, 1.82) is 0 Å². The average Bonchev–Trinajstić information content (AvgIpc) is 2.62. The van der Waals surface area contributed by atoms with Crippen molar-refractivity contribution in [1.82, 2.24) is 0 Å². The van der Waals surface area contributed by atoms with Gasteiger partial charge in [0.05, 0.1) is 13.2 Å². The van der Waals surface area contributed by atoms with Crippen molar-refractivity contribution < 1.29 is 13.9 Å². The van der Waals surface area contributed by atoms with Crippen molar-refractivity contribution >= 4 is 0 Å². The van der Waals surface area contributed by atoms with E-state index in [4.69, 9.17) is 9.47 Å². The number of hydrogen-bond acceptors (Lipinski definition) is 2. The van der Waals surface area contributed by atoms with E-state index < -0.39 is 0 Å². The van der Waals surface area contributed by atoms with Gasteiger partial charge in [-0.15, -0.1) is 0 Å². The summed E-state index contributed by atoms with van der Waals surface area (Å²) in [6.45, 7) is 11.0. The van der Waals surface area contributed by atoms with Crippen molar-refractivity contribution in [2.75, 3.05) is 14.2 Å². The first-order valence-electron chi connectivity index (χ1n) is 9.73. The molecule has 1 atom stereocenters. The molecule has 0 saturated heterocycles. The van der Waals surface area contributed by atoms with Gasteiger partial charge >= 0.3 is 0 Å². The maximum Gasteiger partial charge on any atom is 0.131 e. The first-order valence-corrected chi connectivity index (χ1v) is 9.73. The van der Waals surface area contributed by atoms with E-state index in [1.807, 2.05) is 6.07 Å². The number of methoxy groups -OCH3 is 2. The standard InChI is InChI=1S/C24H33FO2/c1-8-24(4,5)23(27-7)21-14-17(13-16(2)3)9-11-19(21)20-15-18(26-6)10-12-22(20)25/h9-12,14-16,23H,8,13H2,1-7H3/t23-/m0/s1. The highest BCUT2D eigenvalue weighted by molar-refractivity contribution is 5.70. The number of halogens is 1. The molecule has 0 aliphatic heterocycles. The van der Waals surface area contributed by atoms with Crippen LogP contribution in [0, 0.1) is 17.2 Å². The van der Waals surface area contributed by atoms with Gasteiger partial charge in [0.25, 0.3) is 0 Å². The molecular formula is C24H33FO2. The van der Waals surface area contributed by atoms with E-state index in [1.54, 1.807) is 26.4 Å². The largest absolute Gasteiger partial charge is 0.497 e. The summed E-state index contributed by atoms with van der Waals surface area (Å²) < 4.78 is 26.0. The fraction of sp³-hybridized carbons (Fsp3) is 0.500. The smallest absolute Gasteiger partial charge is 0.131 e. The minimum Gasteiger partial charge on any atom is -0.497 e. The second-order valence-electron chi connectivity index (χ2n) is 8.32. The Hall–Kier alpha value is -1.87. The molecule has 0 bridgehead atoms. The summed E-state index contributed by atoms with van der Waals surface area (Å²) in [5, 5.41) is 0. The number of benzene rings is 2. The lowest BCUT2D eigenvalue weighted by Gasteiger charge is -2.34. The Morgan fingerprint density at radius 2 is 1.70 bits per heavy atom.